The molecule has 0 unspecified atom stereocenters. The summed E-state index contributed by atoms with van der Waals surface area (Å²) < 4.78 is 15.7. The Hall–Kier alpha value is 0.310. The lowest BCUT2D eigenvalue weighted by molar-refractivity contribution is 0.513. The van der Waals surface area contributed by atoms with Gasteiger partial charge in [-0.1, -0.05) is 28.1 Å². The Labute approximate surface area is 94.3 Å². The zero-order valence-electron chi connectivity index (χ0n) is 6.41. The van der Waals surface area contributed by atoms with Crippen LogP contribution >= 0.6 is 44.5 Å². The molecule has 1 aromatic carbocycles. The molecule has 0 spiro atoms. The van der Waals surface area contributed by atoms with Crippen LogP contribution < -0.4 is 4.52 Å². The average molecular weight is 304 g/mol. The molecule has 0 aliphatic rings. The second-order valence-corrected chi connectivity index (χ2v) is 7.05. The van der Waals surface area contributed by atoms with E-state index >= 15 is 0 Å². The monoisotopic (exact) mass is 302 g/mol. The van der Waals surface area contributed by atoms with Crippen molar-refractivity contribution in [2.24, 2.45) is 0 Å². The number of benzene rings is 1. The largest absolute Gasteiger partial charge is 0.428 e. The van der Waals surface area contributed by atoms with Crippen LogP contribution in [0.2, 0.25) is 0 Å². The summed E-state index contributed by atoms with van der Waals surface area (Å²) in [4.78, 5) is 0. The Morgan fingerprint density at radius 2 is 2.15 bits per heavy atom. The van der Waals surface area contributed by atoms with E-state index in [1.165, 1.54) is 0 Å². The van der Waals surface area contributed by atoms with Gasteiger partial charge in [0, 0.05) is 27.8 Å². The van der Waals surface area contributed by atoms with Crippen molar-refractivity contribution in [3.8, 4) is 5.75 Å². The van der Waals surface area contributed by atoms with Crippen LogP contribution in [-0.4, -0.2) is 0 Å². The minimum Gasteiger partial charge on any atom is -0.422 e. The van der Waals surface area contributed by atoms with Crippen LogP contribution in [0.15, 0.2) is 24.3 Å². The molecule has 0 heterocycles. The Kier molecular flexibility index (Phi) is 4.11. The highest BCUT2D eigenvalue weighted by Crippen LogP contribution is 2.57. The second-order valence-electron chi connectivity index (χ2n) is 2.29. The summed E-state index contributed by atoms with van der Waals surface area (Å²) in [5.74, 6) is 0.408. The van der Waals surface area contributed by atoms with Gasteiger partial charge >= 0.3 is 6.07 Å². The van der Waals surface area contributed by atoms with E-state index in [-0.39, 0.29) is 0 Å². The molecule has 72 valence electrons. The molecular formula is C7H6BrCl2O2P. The molecule has 0 atom stereocenters. The van der Waals surface area contributed by atoms with E-state index in [0.29, 0.717) is 11.1 Å². The lowest BCUT2D eigenvalue weighted by atomic mass is 10.2. The van der Waals surface area contributed by atoms with Gasteiger partial charge in [-0.05, 0) is 17.7 Å². The molecule has 0 bridgehead atoms. The molecule has 0 fully saturated rings. The van der Waals surface area contributed by atoms with Crippen LogP contribution in [0.25, 0.3) is 0 Å². The van der Waals surface area contributed by atoms with Crippen molar-refractivity contribution in [2.45, 2.75) is 5.33 Å². The summed E-state index contributed by atoms with van der Waals surface area (Å²) >= 11 is 13.8. The van der Waals surface area contributed by atoms with Gasteiger partial charge in [-0.15, -0.1) is 0 Å². The third kappa shape index (κ3) is 4.37. The van der Waals surface area contributed by atoms with Crippen molar-refractivity contribution in [3.05, 3.63) is 29.8 Å². The fourth-order valence-electron chi connectivity index (χ4n) is 0.808. The number of alkyl halides is 1. The summed E-state index contributed by atoms with van der Waals surface area (Å²) in [6, 6.07) is 7.03. The van der Waals surface area contributed by atoms with E-state index in [4.69, 9.17) is 27.0 Å². The fraction of sp³-hybridized carbons (Fsp3) is 0.143. The van der Waals surface area contributed by atoms with Gasteiger partial charge in [0.15, 0.2) is 0 Å². The van der Waals surface area contributed by atoms with Crippen LogP contribution in [0.1, 0.15) is 5.56 Å². The molecule has 0 saturated heterocycles. The summed E-state index contributed by atoms with van der Waals surface area (Å²) in [5.41, 5.74) is 0.999. The Morgan fingerprint density at radius 3 is 2.69 bits per heavy atom. The Morgan fingerprint density at radius 1 is 1.46 bits per heavy atom. The fourth-order valence-corrected chi connectivity index (χ4v) is 1.99. The minimum atomic E-state index is -3.49. The van der Waals surface area contributed by atoms with Gasteiger partial charge in [0.1, 0.15) is 5.75 Å². The van der Waals surface area contributed by atoms with E-state index in [9.17, 15) is 4.57 Å². The normalized spacial score (nSPS) is 11.3. The molecule has 1 aromatic rings. The molecule has 0 amide bonds. The molecule has 0 radical (unpaired) electrons. The van der Waals surface area contributed by atoms with Gasteiger partial charge in [0.25, 0.3) is 0 Å². The van der Waals surface area contributed by atoms with E-state index in [1.807, 2.05) is 6.07 Å². The quantitative estimate of drug-likeness (QED) is 0.605. The molecule has 0 aliphatic heterocycles. The molecule has 0 saturated carbocycles. The van der Waals surface area contributed by atoms with E-state index in [0.717, 1.165) is 5.56 Å². The van der Waals surface area contributed by atoms with Crippen molar-refractivity contribution < 1.29 is 9.09 Å². The lowest BCUT2D eigenvalue weighted by Gasteiger charge is -2.06. The number of hydrogen-bond donors (Lipinski definition) is 0. The molecular weight excluding hydrogens is 298 g/mol. The molecule has 0 aromatic heterocycles. The Bertz CT molecular complexity index is 339. The third-order valence-electron chi connectivity index (χ3n) is 1.26. The van der Waals surface area contributed by atoms with Crippen LogP contribution in [0.5, 0.6) is 5.75 Å². The second kappa shape index (κ2) is 4.70. The van der Waals surface area contributed by atoms with Crippen LogP contribution in [-0.2, 0) is 9.90 Å². The highest BCUT2D eigenvalue weighted by molar-refractivity contribution is 9.08. The summed E-state index contributed by atoms with van der Waals surface area (Å²) in [6.45, 7) is 0. The molecule has 1 rings (SSSR count). The van der Waals surface area contributed by atoms with Gasteiger partial charge in [0.2, 0.25) is 0 Å². The highest BCUT2D eigenvalue weighted by atomic mass is 79.9. The zero-order chi connectivity index (χ0) is 9.90. The maximum Gasteiger partial charge on any atom is 0.428 e. The van der Waals surface area contributed by atoms with E-state index in [1.54, 1.807) is 18.2 Å². The van der Waals surface area contributed by atoms with Crippen molar-refractivity contribution >= 4 is 44.5 Å². The standard InChI is InChI=1S/C7H6BrCl2O2P/c8-5-6-2-1-3-7(4-6)12-13(9,10)11/h1-4H,5H2. The zero-order valence-corrected chi connectivity index (χ0v) is 10.4. The maximum atomic E-state index is 10.9. The van der Waals surface area contributed by atoms with Crippen molar-refractivity contribution in [3.63, 3.8) is 0 Å². The SMILES string of the molecule is O=P(Cl)(Cl)Oc1cccc(CBr)c1. The third-order valence-corrected chi connectivity index (χ3v) is 2.75. The topological polar surface area (TPSA) is 26.3 Å². The Balaban J connectivity index is 2.84. The summed E-state index contributed by atoms with van der Waals surface area (Å²) in [7, 11) is 0. The van der Waals surface area contributed by atoms with Gasteiger partial charge < -0.3 is 4.52 Å². The maximum absolute atomic E-state index is 10.9. The first-order valence-corrected chi connectivity index (χ1v) is 7.91. The van der Waals surface area contributed by atoms with E-state index in [2.05, 4.69) is 15.9 Å². The van der Waals surface area contributed by atoms with Crippen molar-refractivity contribution in [1.82, 2.24) is 0 Å². The summed E-state index contributed by atoms with van der Waals surface area (Å²) in [6.07, 6.45) is -3.49. The van der Waals surface area contributed by atoms with Crippen LogP contribution in [0.3, 0.4) is 0 Å². The van der Waals surface area contributed by atoms with Gasteiger partial charge in [-0.2, -0.15) is 0 Å². The predicted octanol–water partition coefficient (Wildman–Crippen LogP) is 4.55. The molecule has 6 heteroatoms. The first kappa shape index (κ1) is 11.4. The van der Waals surface area contributed by atoms with E-state index < -0.39 is 6.07 Å². The number of rotatable bonds is 3. The average Bonchev–Trinajstić information content (AvgIpc) is 2.01. The molecule has 0 aliphatic carbocycles. The van der Waals surface area contributed by atoms with Gasteiger partial charge in [-0.25, -0.2) is 4.57 Å². The van der Waals surface area contributed by atoms with Crippen LogP contribution in [0, 0.1) is 0 Å². The van der Waals surface area contributed by atoms with Crippen molar-refractivity contribution in [1.29, 1.82) is 0 Å². The first-order valence-electron chi connectivity index (χ1n) is 3.35. The van der Waals surface area contributed by atoms with Crippen LogP contribution in [0.4, 0.5) is 0 Å². The first-order chi connectivity index (χ1) is 6.01. The summed E-state index contributed by atoms with van der Waals surface area (Å²) in [5, 5.41) is 0.694. The van der Waals surface area contributed by atoms with Crippen molar-refractivity contribution in [2.75, 3.05) is 0 Å². The predicted molar refractivity (Wildman–Crippen MR) is 59.0 cm³/mol. The highest BCUT2D eigenvalue weighted by Gasteiger charge is 2.15. The molecule has 2 nitrogen and oxygen atoms in total. The van der Waals surface area contributed by atoms with Gasteiger partial charge in [0.05, 0.1) is 0 Å². The smallest absolute Gasteiger partial charge is 0.422 e. The minimum absolute atomic E-state index is 0.408. The number of halogens is 3. The molecule has 13 heavy (non-hydrogen) atoms. The lowest BCUT2D eigenvalue weighted by Crippen LogP contribution is -1.83. The number of hydrogen-bond acceptors (Lipinski definition) is 2. The molecule has 0 N–H and O–H groups in total. The van der Waals surface area contributed by atoms with Gasteiger partial charge in [-0.3, -0.25) is 0 Å².